The second kappa shape index (κ2) is 6.03. The van der Waals surface area contributed by atoms with E-state index in [9.17, 15) is 0 Å². The molecule has 96 valence electrons. The summed E-state index contributed by atoms with van der Waals surface area (Å²) in [4.78, 5) is 4.65. The third kappa shape index (κ3) is 2.74. The molecule has 0 saturated heterocycles. The van der Waals surface area contributed by atoms with Gasteiger partial charge in [-0.2, -0.15) is 0 Å². The Hall–Kier alpha value is -1.32. The van der Waals surface area contributed by atoms with Crippen LogP contribution in [0.15, 0.2) is 30.9 Å². The van der Waals surface area contributed by atoms with Crippen molar-refractivity contribution in [2.45, 2.75) is 19.9 Å². The summed E-state index contributed by atoms with van der Waals surface area (Å²) in [6, 6.07) is 5.83. The highest BCUT2D eigenvalue weighted by molar-refractivity contribution is 6.31. The van der Waals surface area contributed by atoms with Crippen LogP contribution in [-0.4, -0.2) is 22.6 Å². The first-order valence-corrected chi connectivity index (χ1v) is 6.60. The van der Waals surface area contributed by atoms with E-state index in [-0.39, 0.29) is 0 Å². The second-order valence-electron chi connectivity index (χ2n) is 4.16. The highest BCUT2D eigenvalue weighted by Gasteiger charge is 2.09. The molecule has 3 nitrogen and oxygen atoms in total. The van der Waals surface area contributed by atoms with E-state index in [2.05, 4.69) is 28.4 Å². The van der Waals surface area contributed by atoms with Crippen LogP contribution in [0.1, 0.15) is 12.7 Å². The van der Waals surface area contributed by atoms with Crippen LogP contribution >= 0.6 is 11.6 Å². The number of halogens is 1. The molecular formula is C14H18ClN3. The lowest BCUT2D eigenvalue weighted by atomic mass is 10.3. The van der Waals surface area contributed by atoms with Crippen molar-refractivity contribution in [2.24, 2.45) is 0 Å². The summed E-state index contributed by atoms with van der Waals surface area (Å²) >= 11 is 6.00. The molecule has 0 amide bonds. The zero-order valence-electron chi connectivity index (χ0n) is 10.6. The predicted molar refractivity (Wildman–Crippen MR) is 77.2 cm³/mol. The van der Waals surface area contributed by atoms with Gasteiger partial charge in [0, 0.05) is 24.5 Å². The summed E-state index contributed by atoms with van der Waals surface area (Å²) in [6.07, 6.45) is 2.81. The molecule has 18 heavy (non-hydrogen) atoms. The average molecular weight is 264 g/mol. The molecule has 0 aliphatic heterocycles. The predicted octanol–water partition coefficient (Wildman–Crippen LogP) is 3.03. The Labute approximate surface area is 112 Å². The number of likely N-dealkylation sites (N-methyl/N-ethyl adjacent to an activating group) is 1. The van der Waals surface area contributed by atoms with Crippen LogP contribution in [-0.2, 0) is 13.0 Å². The quantitative estimate of drug-likeness (QED) is 0.641. The molecule has 1 aromatic heterocycles. The molecule has 1 aromatic carbocycles. The van der Waals surface area contributed by atoms with Gasteiger partial charge >= 0.3 is 0 Å². The molecule has 2 aromatic rings. The van der Waals surface area contributed by atoms with Gasteiger partial charge in [0.2, 0.25) is 0 Å². The van der Waals surface area contributed by atoms with Gasteiger partial charge < -0.3 is 9.88 Å². The fourth-order valence-corrected chi connectivity index (χ4v) is 2.22. The van der Waals surface area contributed by atoms with Gasteiger partial charge in [-0.1, -0.05) is 24.6 Å². The molecule has 0 saturated carbocycles. The molecule has 0 radical (unpaired) electrons. The van der Waals surface area contributed by atoms with Gasteiger partial charge in [0.1, 0.15) is 5.82 Å². The maximum absolute atomic E-state index is 6.00. The number of benzene rings is 1. The molecule has 0 aliphatic rings. The summed E-state index contributed by atoms with van der Waals surface area (Å²) < 4.78 is 2.19. The van der Waals surface area contributed by atoms with Crippen molar-refractivity contribution in [3.8, 4) is 0 Å². The summed E-state index contributed by atoms with van der Waals surface area (Å²) in [7, 11) is 0. The summed E-state index contributed by atoms with van der Waals surface area (Å²) in [6.45, 7) is 8.60. The minimum atomic E-state index is 0.726. The van der Waals surface area contributed by atoms with E-state index in [4.69, 9.17) is 11.6 Å². The zero-order chi connectivity index (χ0) is 13.0. The SMILES string of the molecule is C=CCn1c(CCNCC)nc2cc(Cl)ccc21. The first-order valence-electron chi connectivity index (χ1n) is 6.22. The smallest absolute Gasteiger partial charge is 0.111 e. The number of hydrogen-bond acceptors (Lipinski definition) is 2. The van der Waals surface area contributed by atoms with Crippen molar-refractivity contribution in [3.63, 3.8) is 0 Å². The van der Waals surface area contributed by atoms with Crippen LogP contribution in [0, 0.1) is 0 Å². The number of imidazole rings is 1. The lowest BCUT2D eigenvalue weighted by molar-refractivity contribution is 0.668. The van der Waals surface area contributed by atoms with Crippen molar-refractivity contribution in [1.82, 2.24) is 14.9 Å². The van der Waals surface area contributed by atoms with Gasteiger partial charge in [-0.05, 0) is 24.7 Å². The van der Waals surface area contributed by atoms with Crippen molar-refractivity contribution in [2.75, 3.05) is 13.1 Å². The second-order valence-corrected chi connectivity index (χ2v) is 4.60. The molecule has 1 heterocycles. The first-order chi connectivity index (χ1) is 8.76. The third-order valence-corrected chi connectivity index (χ3v) is 3.11. The van der Waals surface area contributed by atoms with Gasteiger partial charge in [0.15, 0.2) is 0 Å². The van der Waals surface area contributed by atoms with E-state index in [1.807, 2.05) is 24.3 Å². The van der Waals surface area contributed by atoms with Crippen molar-refractivity contribution < 1.29 is 0 Å². The number of nitrogens with zero attached hydrogens (tertiary/aromatic N) is 2. The molecule has 0 spiro atoms. The Morgan fingerprint density at radius 2 is 2.33 bits per heavy atom. The minimum Gasteiger partial charge on any atom is -0.324 e. The van der Waals surface area contributed by atoms with Crippen LogP contribution in [0.2, 0.25) is 5.02 Å². The summed E-state index contributed by atoms with van der Waals surface area (Å²) in [5.41, 5.74) is 2.07. The summed E-state index contributed by atoms with van der Waals surface area (Å²) in [5, 5.41) is 4.04. The largest absolute Gasteiger partial charge is 0.324 e. The number of fused-ring (bicyclic) bond motifs is 1. The highest BCUT2D eigenvalue weighted by Crippen LogP contribution is 2.20. The topological polar surface area (TPSA) is 29.9 Å². The number of aromatic nitrogens is 2. The van der Waals surface area contributed by atoms with E-state index >= 15 is 0 Å². The lowest BCUT2D eigenvalue weighted by Crippen LogP contribution is -2.18. The van der Waals surface area contributed by atoms with Crippen LogP contribution in [0.3, 0.4) is 0 Å². The molecule has 0 fully saturated rings. The van der Waals surface area contributed by atoms with E-state index in [0.29, 0.717) is 0 Å². The molecule has 0 atom stereocenters. The fraction of sp³-hybridized carbons (Fsp3) is 0.357. The Balaban J connectivity index is 2.37. The van der Waals surface area contributed by atoms with E-state index in [1.165, 1.54) is 0 Å². The number of nitrogens with one attached hydrogen (secondary N) is 1. The van der Waals surface area contributed by atoms with Crippen LogP contribution in [0.25, 0.3) is 11.0 Å². The van der Waals surface area contributed by atoms with Crippen molar-refractivity contribution >= 4 is 22.6 Å². The molecule has 0 unspecified atom stereocenters. The van der Waals surface area contributed by atoms with E-state index in [1.54, 1.807) is 0 Å². The molecule has 0 aliphatic carbocycles. The molecule has 4 heteroatoms. The van der Waals surface area contributed by atoms with Gasteiger partial charge in [-0.3, -0.25) is 0 Å². The number of hydrogen-bond donors (Lipinski definition) is 1. The first kappa shape index (κ1) is 13.1. The lowest BCUT2D eigenvalue weighted by Gasteiger charge is -2.06. The van der Waals surface area contributed by atoms with Crippen LogP contribution in [0.4, 0.5) is 0 Å². The van der Waals surface area contributed by atoms with Gasteiger partial charge in [0.05, 0.1) is 11.0 Å². The summed E-state index contributed by atoms with van der Waals surface area (Å²) in [5.74, 6) is 1.08. The van der Waals surface area contributed by atoms with Crippen molar-refractivity contribution in [3.05, 3.63) is 41.7 Å². The normalized spacial score (nSPS) is 11.0. The van der Waals surface area contributed by atoms with Gasteiger partial charge in [-0.25, -0.2) is 4.98 Å². The maximum Gasteiger partial charge on any atom is 0.111 e. The van der Waals surface area contributed by atoms with Crippen LogP contribution < -0.4 is 5.32 Å². The van der Waals surface area contributed by atoms with Gasteiger partial charge in [-0.15, -0.1) is 6.58 Å². The minimum absolute atomic E-state index is 0.726. The standard InChI is InChI=1S/C14H18ClN3/c1-3-9-18-13-6-5-11(15)10-12(13)17-14(18)7-8-16-4-2/h3,5-6,10,16H,1,4,7-9H2,2H3. The Morgan fingerprint density at radius 3 is 3.06 bits per heavy atom. The van der Waals surface area contributed by atoms with Crippen molar-refractivity contribution in [1.29, 1.82) is 0 Å². The number of rotatable bonds is 6. The van der Waals surface area contributed by atoms with E-state index < -0.39 is 0 Å². The Morgan fingerprint density at radius 1 is 1.50 bits per heavy atom. The van der Waals surface area contributed by atoms with Gasteiger partial charge in [0.25, 0.3) is 0 Å². The monoisotopic (exact) mass is 263 g/mol. The number of allylic oxidation sites excluding steroid dienone is 1. The third-order valence-electron chi connectivity index (χ3n) is 2.88. The molecule has 0 bridgehead atoms. The zero-order valence-corrected chi connectivity index (χ0v) is 11.4. The average Bonchev–Trinajstić information content (AvgIpc) is 2.68. The maximum atomic E-state index is 6.00. The van der Waals surface area contributed by atoms with Crippen LogP contribution in [0.5, 0.6) is 0 Å². The fourth-order valence-electron chi connectivity index (χ4n) is 2.05. The molecular weight excluding hydrogens is 246 g/mol. The Bertz CT molecular complexity index is 545. The highest BCUT2D eigenvalue weighted by atomic mass is 35.5. The Kier molecular flexibility index (Phi) is 4.39. The van der Waals surface area contributed by atoms with E-state index in [0.717, 1.165) is 47.9 Å². The molecule has 2 rings (SSSR count). The molecule has 1 N–H and O–H groups in total.